The van der Waals surface area contributed by atoms with Gasteiger partial charge in [0.15, 0.2) is 5.65 Å². The first kappa shape index (κ1) is 19.7. The van der Waals surface area contributed by atoms with Crippen molar-refractivity contribution in [2.45, 2.75) is 33.2 Å². The number of carbonyl (C=O) groups excluding carboxylic acids is 1. The molecule has 1 saturated heterocycles. The van der Waals surface area contributed by atoms with Crippen LogP contribution in [0.5, 0.6) is 0 Å². The summed E-state index contributed by atoms with van der Waals surface area (Å²) in [5.41, 5.74) is 4.53. The van der Waals surface area contributed by atoms with Crippen molar-refractivity contribution >= 4 is 28.3 Å². The van der Waals surface area contributed by atoms with E-state index in [1.165, 1.54) is 0 Å². The van der Waals surface area contributed by atoms with Gasteiger partial charge in [0, 0.05) is 30.7 Å². The summed E-state index contributed by atoms with van der Waals surface area (Å²) in [7, 11) is 4.03. The highest BCUT2D eigenvalue weighted by molar-refractivity contribution is 6.05. The number of nitrogens with zero attached hydrogens (tertiary/aromatic N) is 6. The summed E-state index contributed by atoms with van der Waals surface area (Å²) in [4.78, 5) is 24.4. The number of anilines is 1. The smallest absolute Gasteiger partial charge is 0.256 e. The highest BCUT2D eigenvalue weighted by Gasteiger charge is 2.37. The van der Waals surface area contributed by atoms with E-state index in [-0.39, 0.29) is 11.3 Å². The van der Waals surface area contributed by atoms with Crippen molar-refractivity contribution in [3.63, 3.8) is 0 Å². The molecule has 0 spiro atoms. The Balaban J connectivity index is 1.39. The molecule has 5 rings (SSSR count). The molecule has 1 aromatic carbocycles. The maximum Gasteiger partial charge on any atom is 0.256 e. The van der Waals surface area contributed by atoms with Gasteiger partial charge in [-0.1, -0.05) is 19.9 Å². The van der Waals surface area contributed by atoms with Crippen LogP contribution < -0.4 is 5.32 Å². The van der Waals surface area contributed by atoms with Crippen molar-refractivity contribution in [1.82, 2.24) is 29.0 Å². The van der Waals surface area contributed by atoms with Crippen molar-refractivity contribution in [3.8, 4) is 0 Å². The topological polar surface area (TPSA) is 80.4 Å². The van der Waals surface area contributed by atoms with Crippen LogP contribution in [0.4, 0.5) is 5.82 Å². The molecule has 1 aliphatic rings. The van der Waals surface area contributed by atoms with Gasteiger partial charge >= 0.3 is 0 Å². The number of likely N-dealkylation sites (tertiary alicyclic amines) is 1. The number of nitrogens with one attached hydrogen (secondary N) is 1. The van der Waals surface area contributed by atoms with Crippen molar-refractivity contribution in [3.05, 3.63) is 53.7 Å². The monoisotopic (exact) mass is 417 g/mol. The summed E-state index contributed by atoms with van der Waals surface area (Å²) in [6.45, 7) is 7.59. The van der Waals surface area contributed by atoms with Crippen molar-refractivity contribution in [1.29, 1.82) is 0 Å². The minimum Gasteiger partial charge on any atom is -0.305 e. The van der Waals surface area contributed by atoms with Gasteiger partial charge in [0.2, 0.25) is 0 Å². The van der Waals surface area contributed by atoms with E-state index in [2.05, 4.69) is 41.2 Å². The van der Waals surface area contributed by atoms with Gasteiger partial charge in [0.1, 0.15) is 5.82 Å². The molecule has 1 amide bonds. The maximum atomic E-state index is 12.8. The fourth-order valence-electron chi connectivity index (χ4n) is 4.77. The lowest BCUT2D eigenvalue weighted by atomic mass is 9.90. The van der Waals surface area contributed by atoms with Gasteiger partial charge in [-0.25, -0.2) is 9.97 Å². The first-order valence-corrected chi connectivity index (χ1v) is 10.5. The molecule has 4 aromatic rings. The van der Waals surface area contributed by atoms with E-state index in [0.29, 0.717) is 17.4 Å². The molecule has 1 fully saturated rings. The molecule has 31 heavy (non-hydrogen) atoms. The second kappa shape index (κ2) is 6.88. The van der Waals surface area contributed by atoms with E-state index in [9.17, 15) is 4.79 Å². The minimum absolute atomic E-state index is 0.204. The van der Waals surface area contributed by atoms with Crippen LogP contribution >= 0.6 is 0 Å². The summed E-state index contributed by atoms with van der Waals surface area (Å²) in [6, 6.07) is 5.90. The SMILES string of the molecule is Cc1nn(C)c2cc(C(=O)Nc3cn4cc([C@H]5CC(C)(C)CN5C)nc4cn3)ccc12. The lowest BCUT2D eigenvalue weighted by Gasteiger charge is -2.16. The predicted octanol–water partition coefficient (Wildman–Crippen LogP) is 3.58. The van der Waals surface area contributed by atoms with Gasteiger partial charge in [-0.05, 0) is 37.9 Å². The molecule has 0 bridgehead atoms. The average molecular weight is 418 g/mol. The van der Waals surface area contributed by atoms with Crippen molar-refractivity contribution in [2.75, 3.05) is 18.9 Å². The number of aromatic nitrogens is 5. The molecule has 1 N–H and O–H groups in total. The van der Waals surface area contributed by atoms with E-state index in [1.807, 2.05) is 49.0 Å². The number of benzene rings is 1. The molecule has 0 radical (unpaired) electrons. The van der Waals surface area contributed by atoms with Gasteiger partial charge in [0.05, 0.1) is 35.3 Å². The third-order valence-corrected chi connectivity index (χ3v) is 6.20. The second-order valence-corrected chi connectivity index (χ2v) is 9.40. The van der Waals surface area contributed by atoms with Crippen LogP contribution in [0.2, 0.25) is 0 Å². The lowest BCUT2D eigenvalue weighted by molar-refractivity contribution is 0.102. The van der Waals surface area contributed by atoms with Gasteiger partial charge in [0.25, 0.3) is 5.91 Å². The molecule has 8 heteroatoms. The summed E-state index contributed by atoms with van der Waals surface area (Å²) in [6.07, 6.45) is 6.63. The molecular weight excluding hydrogens is 390 g/mol. The Bertz CT molecular complexity index is 1320. The Hall–Kier alpha value is -3.26. The fourth-order valence-corrected chi connectivity index (χ4v) is 4.77. The zero-order valence-corrected chi connectivity index (χ0v) is 18.5. The maximum absolute atomic E-state index is 12.8. The minimum atomic E-state index is -0.204. The summed E-state index contributed by atoms with van der Waals surface area (Å²) < 4.78 is 3.73. The van der Waals surface area contributed by atoms with E-state index >= 15 is 0 Å². The molecule has 1 atom stereocenters. The molecule has 0 aliphatic carbocycles. The number of carbonyl (C=O) groups is 1. The molecule has 160 valence electrons. The molecule has 8 nitrogen and oxygen atoms in total. The second-order valence-electron chi connectivity index (χ2n) is 9.40. The Morgan fingerprint density at radius 2 is 2.03 bits per heavy atom. The highest BCUT2D eigenvalue weighted by atomic mass is 16.1. The van der Waals surface area contributed by atoms with Crippen molar-refractivity contribution in [2.24, 2.45) is 12.5 Å². The molecule has 0 saturated carbocycles. The number of hydrogen-bond donors (Lipinski definition) is 1. The molecule has 3 aromatic heterocycles. The number of rotatable bonds is 3. The van der Waals surface area contributed by atoms with Crippen LogP contribution in [0.3, 0.4) is 0 Å². The quantitative estimate of drug-likeness (QED) is 0.551. The number of hydrogen-bond acceptors (Lipinski definition) is 5. The standard InChI is InChI=1S/C23H27N7O/c1-14-16-7-6-15(8-18(16)29(5)27-14)22(31)26-20-12-30-11-17(25-21(30)10-24-20)19-9-23(2,3)13-28(19)4/h6-8,10-12,19H,9,13H2,1-5H3,(H,26,31)/t19-/m1/s1. The number of fused-ring (bicyclic) bond motifs is 2. The number of amides is 1. The summed E-state index contributed by atoms with van der Waals surface area (Å²) in [5, 5.41) is 8.37. The number of imidazole rings is 1. The first-order valence-electron chi connectivity index (χ1n) is 10.5. The third-order valence-electron chi connectivity index (χ3n) is 6.20. The fraction of sp³-hybridized carbons (Fsp3) is 0.391. The normalized spacial score (nSPS) is 18.8. The van der Waals surface area contributed by atoms with Crippen molar-refractivity contribution < 1.29 is 4.79 Å². The van der Waals surface area contributed by atoms with E-state index in [1.54, 1.807) is 10.9 Å². The first-order chi connectivity index (χ1) is 14.7. The lowest BCUT2D eigenvalue weighted by Crippen LogP contribution is -2.20. The zero-order chi connectivity index (χ0) is 21.9. The van der Waals surface area contributed by atoms with Crippen LogP contribution in [0, 0.1) is 12.3 Å². The van der Waals surface area contributed by atoms with Crippen LogP contribution in [0.1, 0.15) is 48.1 Å². The Morgan fingerprint density at radius 1 is 1.23 bits per heavy atom. The van der Waals surface area contributed by atoms with Crippen LogP contribution in [0.25, 0.3) is 16.6 Å². The van der Waals surface area contributed by atoms with E-state index in [0.717, 1.165) is 40.9 Å². The van der Waals surface area contributed by atoms with Gasteiger partial charge < -0.3 is 9.72 Å². The molecule has 4 heterocycles. The average Bonchev–Trinajstić information content (AvgIpc) is 3.34. The van der Waals surface area contributed by atoms with Gasteiger partial charge in [-0.3, -0.25) is 14.4 Å². The Labute approximate surface area is 180 Å². The van der Waals surface area contributed by atoms with Crippen LogP contribution in [-0.2, 0) is 7.05 Å². The predicted molar refractivity (Wildman–Crippen MR) is 120 cm³/mol. The molecule has 1 aliphatic heterocycles. The summed E-state index contributed by atoms with van der Waals surface area (Å²) >= 11 is 0. The Kier molecular flexibility index (Phi) is 4.37. The Morgan fingerprint density at radius 3 is 2.77 bits per heavy atom. The van der Waals surface area contributed by atoms with Gasteiger partial charge in [-0.2, -0.15) is 5.10 Å². The molecule has 0 unspecified atom stereocenters. The van der Waals surface area contributed by atoms with E-state index in [4.69, 9.17) is 4.98 Å². The number of aryl methyl sites for hydroxylation is 2. The van der Waals surface area contributed by atoms with Crippen LogP contribution in [-0.4, -0.2) is 48.5 Å². The van der Waals surface area contributed by atoms with Crippen LogP contribution in [0.15, 0.2) is 36.8 Å². The third kappa shape index (κ3) is 3.46. The van der Waals surface area contributed by atoms with E-state index < -0.39 is 0 Å². The zero-order valence-electron chi connectivity index (χ0n) is 18.5. The molecular formula is C23H27N7O. The highest BCUT2D eigenvalue weighted by Crippen LogP contribution is 2.41. The summed E-state index contributed by atoms with van der Waals surface area (Å²) in [5.74, 6) is 0.285. The van der Waals surface area contributed by atoms with Gasteiger partial charge in [-0.15, -0.1) is 0 Å². The largest absolute Gasteiger partial charge is 0.305 e.